The second-order valence-corrected chi connectivity index (χ2v) is 4.63. The van der Waals surface area contributed by atoms with Gasteiger partial charge in [-0.25, -0.2) is 0 Å². The van der Waals surface area contributed by atoms with E-state index in [9.17, 15) is 14.7 Å². The molecule has 0 aliphatic heterocycles. The Bertz CT molecular complexity index is 416. The summed E-state index contributed by atoms with van der Waals surface area (Å²) in [5, 5.41) is 18.3. The number of carboxylic acids is 1. The van der Waals surface area contributed by atoms with E-state index in [0.29, 0.717) is 12.1 Å². The zero-order valence-electron chi connectivity index (χ0n) is 10.1. The van der Waals surface area contributed by atoms with Gasteiger partial charge in [0.05, 0.1) is 5.92 Å². The van der Waals surface area contributed by atoms with Gasteiger partial charge in [-0.3, -0.25) is 14.7 Å². The van der Waals surface area contributed by atoms with Gasteiger partial charge in [-0.1, -0.05) is 19.3 Å². The first-order chi connectivity index (χ1) is 8.68. The molecule has 18 heavy (non-hydrogen) atoms. The predicted octanol–water partition coefficient (Wildman–Crippen LogP) is 1.17. The molecule has 0 bridgehead atoms. The molecule has 2 atom stereocenters. The molecule has 0 spiro atoms. The second-order valence-electron chi connectivity index (χ2n) is 4.63. The van der Waals surface area contributed by atoms with Gasteiger partial charge in [0.15, 0.2) is 0 Å². The van der Waals surface area contributed by atoms with Crippen LogP contribution in [0, 0.1) is 5.92 Å². The summed E-state index contributed by atoms with van der Waals surface area (Å²) in [5.41, 5.74) is 0.364. The van der Waals surface area contributed by atoms with Crippen LogP contribution in [0.1, 0.15) is 42.6 Å². The van der Waals surface area contributed by atoms with Gasteiger partial charge in [0.25, 0.3) is 5.91 Å². The maximum absolute atomic E-state index is 11.9. The molecule has 1 saturated carbocycles. The van der Waals surface area contributed by atoms with Crippen molar-refractivity contribution in [3.05, 3.63) is 18.0 Å². The average Bonchev–Trinajstić information content (AvgIpc) is 2.77. The van der Waals surface area contributed by atoms with Gasteiger partial charge in [-0.2, -0.15) is 5.10 Å². The summed E-state index contributed by atoms with van der Waals surface area (Å²) < 4.78 is 0. The monoisotopic (exact) mass is 251 g/mol. The summed E-state index contributed by atoms with van der Waals surface area (Å²) >= 11 is 0. The fraction of sp³-hybridized carbons (Fsp3) is 0.583. The number of carbonyl (C=O) groups excluding carboxylic acids is 1. The van der Waals surface area contributed by atoms with Gasteiger partial charge in [0, 0.05) is 12.2 Å². The van der Waals surface area contributed by atoms with Crippen LogP contribution in [0.25, 0.3) is 0 Å². The third-order valence-corrected chi connectivity index (χ3v) is 3.40. The first-order valence-corrected chi connectivity index (χ1v) is 6.21. The summed E-state index contributed by atoms with van der Waals surface area (Å²) in [6.07, 6.45) is 5.74. The molecule has 1 aromatic heterocycles. The molecule has 1 fully saturated rings. The Morgan fingerprint density at radius 2 is 2.11 bits per heavy atom. The Kier molecular flexibility index (Phi) is 3.96. The van der Waals surface area contributed by atoms with Crippen molar-refractivity contribution >= 4 is 11.9 Å². The first-order valence-electron chi connectivity index (χ1n) is 6.21. The van der Waals surface area contributed by atoms with Crippen LogP contribution in [0.15, 0.2) is 12.3 Å². The summed E-state index contributed by atoms with van der Waals surface area (Å²) in [6, 6.07) is 1.28. The molecular weight excluding hydrogens is 234 g/mol. The zero-order chi connectivity index (χ0) is 13.0. The van der Waals surface area contributed by atoms with Crippen molar-refractivity contribution in [2.24, 2.45) is 5.92 Å². The quantitative estimate of drug-likeness (QED) is 0.703. The van der Waals surface area contributed by atoms with Crippen LogP contribution in [0.3, 0.4) is 0 Å². The maximum atomic E-state index is 11.9. The summed E-state index contributed by atoms with van der Waals surface area (Å²) in [4.78, 5) is 23.1. The molecular formula is C12H17N3O3. The zero-order valence-corrected chi connectivity index (χ0v) is 10.1. The Morgan fingerprint density at radius 1 is 1.33 bits per heavy atom. The lowest BCUT2D eigenvalue weighted by atomic mass is 9.95. The Hall–Kier alpha value is -1.85. The van der Waals surface area contributed by atoms with Gasteiger partial charge in [-0.05, 0) is 18.9 Å². The van der Waals surface area contributed by atoms with Crippen LogP contribution >= 0.6 is 0 Å². The van der Waals surface area contributed by atoms with Crippen LogP contribution in [-0.4, -0.2) is 33.2 Å². The smallest absolute Gasteiger partial charge is 0.308 e. The number of hydrogen-bond donors (Lipinski definition) is 3. The lowest BCUT2D eigenvalue weighted by molar-refractivity contribution is -0.142. The molecule has 1 heterocycles. The number of nitrogens with zero attached hydrogens (tertiary/aromatic N) is 1. The highest BCUT2D eigenvalue weighted by molar-refractivity contribution is 5.92. The molecule has 3 N–H and O–H groups in total. The Morgan fingerprint density at radius 3 is 2.78 bits per heavy atom. The predicted molar refractivity (Wildman–Crippen MR) is 64.1 cm³/mol. The topological polar surface area (TPSA) is 95.1 Å². The third-order valence-electron chi connectivity index (χ3n) is 3.40. The van der Waals surface area contributed by atoms with Crippen molar-refractivity contribution in [1.29, 1.82) is 0 Å². The highest BCUT2D eigenvalue weighted by Crippen LogP contribution is 2.24. The standard InChI is InChI=1S/C12H17N3O3/c16-11(10-6-7-13-15-10)14-9-5-3-1-2-4-8(9)12(17)18/h6-9H,1-5H2,(H,13,15)(H,14,16)(H,17,18). The van der Waals surface area contributed by atoms with Crippen molar-refractivity contribution < 1.29 is 14.7 Å². The lowest BCUT2D eigenvalue weighted by Gasteiger charge is -2.22. The molecule has 0 aromatic carbocycles. The number of aliphatic carboxylic acids is 1. The molecule has 1 aliphatic rings. The van der Waals surface area contributed by atoms with E-state index in [-0.39, 0.29) is 11.9 Å². The van der Waals surface area contributed by atoms with E-state index in [1.165, 1.54) is 6.20 Å². The fourth-order valence-corrected chi connectivity index (χ4v) is 2.40. The number of aromatic amines is 1. The fourth-order valence-electron chi connectivity index (χ4n) is 2.40. The van der Waals surface area contributed by atoms with Crippen molar-refractivity contribution in [3.8, 4) is 0 Å². The summed E-state index contributed by atoms with van der Waals surface area (Å²) in [6.45, 7) is 0. The lowest BCUT2D eigenvalue weighted by Crippen LogP contribution is -2.43. The van der Waals surface area contributed by atoms with E-state index in [1.807, 2.05) is 0 Å². The molecule has 1 aliphatic carbocycles. The SMILES string of the molecule is O=C(NC1CCCCCC1C(=O)O)c1ccn[nH]1. The molecule has 1 aromatic rings. The highest BCUT2D eigenvalue weighted by Gasteiger charge is 2.30. The number of rotatable bonds is 3. The van der Waals surface area contributed by atoms with Crippen LogP contribution in [0.2, 0.25) is 0 Å². The number of carboxylic acid groups (broad SMARTS) is 1. The maximum Gasteiger partial charge on any atom is 0.308 e. The van der Waals surface area contributed by atoms with Gasteiger partial charge in [0.2, 0.25) is 0 Å². The summed E-state index contributed by atoms with van der Waals surface area (Å²) in [7, 11) is 0. The summed E-state index contributed by atoms with van der Waals surface area (Å²) in [5.74, 6) is -1.60. The number of H-pyrrole nitrogens is 1. The van der Waals surface area contributed by atoms with Crippen molar-refractivity contribution in [3.63, 3.8) is 0 Å². The van der Waals surface area contributed by atoms with E-state index in [0.717, 1.165) is 25.7 Å². The number of amides is 1. The van der Waals surface area contributed by atoms with E-state index in [4.69, 9.17) is 0 Å². The molecule has 1 amide bonds. The van der Waals surface area contributed by atoms with Gasteiger partial charge in [0.1, 0.15) is 5.69 Å². The Labute approximate surface area is 105 Å². The molecule has 98 valence electrons. The van der Waals surface area contributed by atoms with Crippen LogP contribution < -0.4 is 5.32 Å². The number of carbonyl (C=O) groups is 2. The van der Waals surface area contributed by atoms with E-state index >= 15 is 0 Å². The molecule has 6 nitrogen and oxygen atoms in total. The number of nitrogens with one attached hydrogen (secondary N) is 2. The molecule has 0 radical (unpaired) electrons. The molecule has 2 unspecified atom stereocenters. The van der Waals surface area contributed by atoms with Crippen molar-refractivity contribution in [2.75, 3.05) is 0 Å². The van der Waals surface area contributed by atoms with Gasteiger partial charge >= 0.3 is 5.97 Å². The minimum absolute atomic E-state index is 0.286. The van der Waals surface area contributed by atoms with E-state index in [2.05, 4.69) is 15.5 Å². The van der Waals surface area contributed by atoms with Crippen molar-refractivity contribution in [1.82, 2.24) is 15.5 Å². The van der Waals surface area contributed by atoms with E-state index < -0.39 is 11.9 Å². The highest BCUT2D eigenvalue weighted by atomic mass is 16.4. The van der Waals surface area contributed by atoms with E-state index in [1.54, 1.807) is 6.07 Å². The first kappa shape index (κ1) is 12.6. The Balaban J connectivity index is 2.04. The van der Waals surface area contributed by atoms with Gasteiger partial charge in [-0.15, -0.1) is 0 Å². The van der Waals surface area contributed by atoms with Crippen LogP contribution in [0.5, 0.6) is 0 Å². The van der Waals surface area contributed by atoms with Crippen LogP contribution in [-0.2, 0) is 4.79 Å². The second kappa shape index (κ2) is 5.66. The molecule has 0 saturated heterocycles. The average molecular weight is 251 g/mol. The molecule has 6 heteroatoms. The minimum Gasteiger partial charge on any atom is -0.481 e. The van der Waals surface area contributed by atoms with Gasteiger partial charge < -0.3 is 10.4 Å². The largest absolute Gasteiger partial charge is 0.481 e. The van der Waals surface area contributed by atoms with Crippen molar-refractivity contribution in [2.45, 2.75) is 38.1 Å². The molecule has 2 rings (SSSR count). The number of aromatic nitrogens is 2. The van der Waals surface area contributed by atoms with Crippen LogP contribution in [0.4, 0.5) is 0 Å². The number of hydrogen-bond acceptors (Lipinski definition) is 3. The minimum atomic E-state index is -0.827. The normalized spacial score (nSPS) is 24.2. The third kappa shape index (κ3) is 2.88.